The molecule has 1 atom stereocenters. The number of hydrazone groups is 1. The van der Waals surface area contributed by atoms with Crippen molar-refractivity contribution in [2.45, 2.75) is 19.4 Å². The van der Waals surface area contributed by atoms with Gasteiger partial charge >= 0.3 is 0 Å². The molecule has 0 aromatic heterocycles. The van der Waals surface area contributed by atoms with Crippen LogP contribution in [0, 0.1) is 11.3 Å². The molecule has 0 amide bonds. The van der Waals surface area contributed by atoms with E-state index < -0.39 is 0 Å². The van der Waals surface area contributed by atoms with E-state index in [1.165, 1.54) is 5.12 Å². The van der Waals surface area contributed by atoms with Gasteiger partial charge in [0.1, 0.15) is 6.34 Å². The van der Waals surface area contributed by atoms with Crippen molar-refractivity contribution < 1.29 is 0 Å². The van der Waals surface area contributed by atoms with Crippen molar-refractivity contribution >= 4 is 6.34 Å². The Labute approximate surface area is 94.9 Å². The molecule has 0 saturated heterocycles. The van der Waals surface area contributed by atoms with Gasteiger partial charge in [0, 0.05) is 0 Å². The highest BCUT2D eigenvalue weighted by Gasteiger charge is 2.13. The third kappa shape index (κ3) is 2.72. The van der Waals surface area contributed by atoms with Crippen molar-refractivity contribution in [3.05, 3.63) is 35.4 Å². The van der Waals surface area contributed by atoms with Crippen LogP contribution in [0.25, 0.3) is 0 Å². The molecule has 5 nitrogen and oxygen atoms in total. The van der Waals surface area contributed by atoms with Crippen molar-refractivity contribution in [1.82, 2.24) is 5.12 Å². The van der Waals surface area contributed by atoms with E-state index in [9.17, 15) is 0 Å². The number of benzene rings is 1. The minimum absolute atomic E-state index is 0.0347. The van der Waals surface area contributed by atoms with E-state index in [4.69, 9.17) is 16.8 Å². The minimum Gasteiger partial charge on any atom is -0.388 e. The number of nitrogens with two attached hydrogens (primary N) is 2. The zero-order valence-electron chi connectivity index (χ0n) is 9.17. The maximum absolute atomic E-state index is 8.69. The molecule has 1 unspecified atom stereocenters. The molecule has 16 heavy (non-hydrogen) atoms. The molecule has 0 aliphatic rings. The Kier molecular flexibility index (Phi) is 4.30. The van der Waals surface area contributed by atoms with E-state index in [1.54, 1.807) is 12.1 Å². The number of nitrogens with zero attached hydrogens (tertiary/aromatic N) is 3. The monoisotopic (exact) mass is 217 g/mol. The van der Waals surface area contributed by atoms with E-state index >= 15 is 0 Å². The first-order valence-electron chi connectivity index (χ1n) is 5.01. The predicted octanol–water partition coefficient (Wildman–Crippen LogP) is 1.09. The zero-order valence-corrected chi connectivity index (χ0v) is 9.17. The molecule has 0 bridgehead atoms. The van der Waals surface area contributed by atoms with Gasteiger partial charge in [0.25, 0.3) is 0 Å². The second kappa shape index (κ2) is 5.73. The summed E-state index contributed by atoms with van der Waals surface area (Å²) in [4.78, 5) is 0. The molecule has 84 valence electrons. The Hall–Kier alpha value is -2.06. The Morgan fingerprint density at radius 2 is 2.12 bits per heavy atom. The van der Waals surface area contributed by atoms with Crippen molar-refractivity contribution in [2.24, 2.45) is 16.7 Å². The largest absolute Gasteiger partial charge is 0.388 e. The SMILES string of the molecule is CCC(c1ccc(C#N)cc1)N(N)/N=C\N. The van der Waals surface area contributed by atoms with E-state index in [2.05, 4.69) is 11.2 Å². The van der Waals surface area contributed by atoms with Crippen LogP contribution in [0.15, 0.2) is 29.4 Å². The van der Waals surface area contributed by atoms with Crippen LogP contribution in [0.2, 0.25) is 0 Å². The molecule has 0 spiro atoms. The fraction of sp³-hybridized carbons (Fsp3) is 0.273. The lowest BCUT2D eigenvalue weighted by atomic mass is 10.0. The predicted molar refractivity (Wildman–Crippen MR) is 62.9 cm³/mol. The van der Waals surface area contributed by atoms with Gasteiger partial charge in [-0.05, 0) is 24.1 Å². The lowest BCUT2D eigenvalue weighted by Gasteiger charge is -2.23. The van der Waals surface area contributed by atoms with Crippen LogP contribution >= 0.6 is 0 Å². The third-order valence-corrected chi connectivity index (χ3v) is 2.33. The molecule has 0 heterocycles. The summed E-state index contributed by atoms with van der Waals surface area (Å²) in [5, 5.41) is 13.8. The van der Waals surface area contributed by atoms with Gasteiger partial charge < -0.3 is 5.73 Å². The van der Waals surface area contributed by atoms with Crippen LogP contribution in [0.5, 0.6) is 0 Å². The smallest absolute Gasteiger partial charge is 0.107 e. The quantitative estimate of drug-likeness (QED) is 0.342. The summed E-state index contributed by atoms with van der Waals surface area (Å²) in [6, 6.07) is 9.31. The molecule has 0 aliphatic carbocycles. The van der Waals surface area contributed by atoms with Crippen molar-refractivity contribution in [2.75, 3.05) is 0 Å². The second-order valence-electron chi connectivity index (χ2n) is 3.30. The second-order valence-corrected chi connectivity index (χ2v) is 3.30. The summed E-state index contributed by atoms with van der Waals surface area (Å²) in [7, 11) is 0. The molecular weight excluding hydrogens is 202 g/mol. The Bertz CT molecular complexity index is 390. The maximum atomic E-state index is 8.69. The lowest BCUT2D eigenvalue weighted by molar-refractivity contribution is 0.207. The molecule has 5 heteroatoms. The number of hydrogen-bond acceptors (Lipinski definition) is 4. The van der Waals surface area contributed by atoms with Crippen LogP contribution in [-0.4, -0.2) is 11.5 Å². The van der Waals surface area contributed by atoms with Crippen LogP contribution < -0.4 is 11.6 Å². The normalized spacial score (nSPS) is 12.3. The highest BCUT2D eigenvalue weighted by molar-refractivity contribution is 5.50. The molecule has 0 saturated carbocycles. The number of nitriles is 1. The Morgan fingerprint density at radius 3 is 2.56 bits per heavy atom. The van der Waals surface area contributed by atoms with Crippen LogP contribution in [0.1, 0.15) is 30.5 Å². The first-order chi connectivity index (χ1) is 7.72. The molecule has 0 aliphatic heterocycles. The summed E-state index contributed by atoms with van der Waals surface area (Å²) in [6.45, 7) is 2.01. The molecule has 1 rings (SSSR count). The molecule has 0 radical (unpaired) electrons. The topological polar surface area (TPSA) is 91.4 Å². The van der Waals surface area contributed by atoms with Gasteiger partial charge in [-0.25, -0.2) is 11.0 Å². The summed E-state index contributed by atoms with van der Waals surface area (Å²) < 4.78 is 0. The third-order valence-electron chi connectivity index (χ3n) is 2.33. The summed E-state index contributed by atoms with van der Waals surface area (Å²) in [5.74, 6) is 5.73. The highest BCUT2D eigenvalue weighted by atomic mass is 15.6. The number of rotatable bonds is 4. The van der Waals surface area contributed by atoms with Gasteiger partial charge in [-0.3, -0.25) is 0 Å². The molecular formula is C11H15N5. The highest BCUT2D eigenvalue weighted by Crippen LogP contribution is 2.21. The fourth-order valence-corrected chi connectivity index (χ4v) is 1.51. The zero-order chi connectivity index (χ0) is 12.0. The van der Waals surface area contributed by atoms with E-state index in [0.29, 0.717) is 5.56 Å². The van der Waals surface area contributed by atoms with E-state index in [0.717, 1.165) is 18.3 Å². The van der Waals surface area contributed by atoms with Gasteiger partial charge in [0.05, 0.1) is 17.7 Å². The van der Waals surface area contributed by atoms with Gasteiger partial charge in [-0.1, -0.05) is 19.1 Å². The first-order valence-corrected chi connectivity index (χ1v) is 5.01. The van der Waals surface area contributed by atoms with Crippen molar-refractivity contribution in [3.8, 4) is 6.07 Å². The average Bonchev–Trinajstić information content (AvgIpc) is 2.31. The van der Waals surface area contributed by atoms with Gasteiger partial charge in [0.15, 0.2) is 0 Å². The van der Waals surface area contributed by atoms with E-state index in [1.807, 2.05) is 19.1 Å². The summed E-state index contributed by atoms with van der Waals surface area (Å²) >= 11 is 0. The standard InChI is InChI=1S/C11H15N5/c1-2-11(16(14)15-8-13)10-5-3-9(7-12)4-6-10/h3-6,8,11H,2,14H2,1H3,(H2,13,15). The number of hydrogen-bond donors (Lipinski definition) is 2. The van der Waals surface area contributed by atoms with Crippen molar-refractivity contribution in [1.29, 1.82) is 5.26 Å². The number of hydrazine groups is 1. The lowest BCUT2D eigenvalue weighted by Crippen LogP contribution is -2.30. The summed E-state index contributed by atoms with van der Waals surface area (Å²) in [6.07, 6.45) is 1.96. The molecule has 0 fully saturated rings. The molecule has 4 N–H and O–H groups in total. The summed E-state index contributed by atoms with van der Waals surface area (Å²) in [5.41, 5.74) is 6.83. The fourth-order valence-electron chi connectivity index (χ4n) is 1.51. The van der Waals surface area contributed by atoms with Gasteiger partial charge in [-0.2, -0.15) is 10.4 Å². The molecule has 1 aromatic rings. The van der Waals surface area contributed by atoms with Crippen molar-refractivity contribution in [3.63, 3.8) is 0 Å². The minimum atomic E-state index is -0.0347. The van der Waals surface area contributed by atoms with Gasteiger partial charge in [0.2, 0.25) is 0 Å². The first kappa shape index (κ1) is 12.0. The Balaban J connectivity index is 2.91. The van der Waals surface area contributed by atoms with Crippen LogP contribution in [0.4, 0.5) is 0 Å². The molecule has 1 aromatic carbocycles. The van der Waals surface area contributed by atoms with Crippen LogP contribution in [-0.2, 0) is 0 Å². The van der Waals surface area contributed by atoms with Gasteiger partial charge in [-0.15, -0.1) is 0 Å². The van der Waals surface area contributed by atoms with E-state index in [-0.39, 0.29) is 6.04 Å². The average molecular weight is 217 g/mol. The maximum Gasteiger partial charge on any atom is 0.107 e. The Morgan fingerprint density at radius 1 is 1.50 bits per heavy atom. The van der Waals surface area contributed by atoms with Crippen LogP contribution in [0.3, 0.4) is 0 Å².